The molecule has 4 aromatic rings. The second kappa shape index (κ2) is 10.1. The number of benzene rings is 3. The average molecular weight is 494 g/mol. The van der Waals surface area contributed by atoms with E-state index in [1.54, 1.807) is 37.4 Å². The van der Waals surface area contributed by atoms with Crippen LogP contribution in [0.25, 0.3) is 22.4 Å². The Hall–Kier alpha value is -4.04. The van der Waals surface area contributed by atoms with E-state index >= 15 is 0 Å². The highest BCUT2D eigenvalue weighted by molar-refractivity contribution is 6.31. The minimum absolute atomic E-state index is 0.294. The highest BCUT2D eigenvalue weighted by Gasteiger charge is 2.21. The number of ether oxygens (including phenoxy) is 3. The van der Waals surface area contributed by atoms with Gasteiger partial charge in [0, 0.05) is 16.7 Å². The highest BCUT2D eigenvalue weighted by atomic mass is 35.5. The van der Waals surface area contributed by atoms with Crippen LogP contribution in [0.5, 0.6) is 11.5 Å². The third-order valence-corrected chi connectivity index (χ3v) is 5.88. The van der Waals surface area contributed by atoms with Crippen LogP contribution in [0.1, 0.15) is 22.8 Å². The number of halogens is 1. The number of carbonyl (C=O) groups excluding carboxylic acids is 2. The summed E-state index contributed by atoms with van der Waals surface area (Å²) < 4.78 is 15.9. The van der Waals surface area contributed by atoms with Crippen molar-refractivity contribution in [2.75, 3.05) is 19.5 Å². The van der Waals surface area contributed by atoms with E-state index in [0.717, 1.165) is 16.9 Å². The Kier molecular flexibility index (Phi) is 6.93. The highest BCUT2D eigenvalue weighted by Crippen LogP contribution is 2.31. The lowest BCUT2D eigenvalue weighted by Gasteiger charge is -2.16. The molecule has 0 spiro atoms. The maximum atomic E-state index is 12.7. The fourth-order valence-electron chi connectivity index (χ4n) is 3.47. The summed E-state index contributed by atoms with van der Waals surface area (Å²) in [5.41, 5.74) is 3.75. The van der Waals surface area contributed by atoms with Crippen molar-refractivity contribution in [3.63, 3.8) is 0 Å². The normalized spacial score (nSPS) is 11.7. The second-order valence-corrected chi connectivity index (χ2v) is 8.29. The molecule has 1 aromatic heterocycles. The number of hydrogen-bond acceptors (Lipinski definition) is 6. The molecule has 2 N–H and O–H groups in total. The van der Waals surface area contributed by atoms with Gasteiger partial charge < -0.3 is 24.5 Å². The van der Waals surface area contributed by atoms with Gasteiger partial charge in [0.15, 0.2) is 6.10 Å². The Balaban J connectivity index is 1.47. The number of nitrogens with zero attached hydrogens (tertiary/aromatic N) is 1. The number of rotatable bonds is 7. The quantitative estimate of drug-likeness (QED) is 0.334. The molecule has 1 atom stereocenters. The lowest BCUT2D eigenvalue weighted by atomic mass is 10.2. The molecule has 0 aliphatic carbocycles. The summed E-state index contributed by atoms with van der Waals surface area (Å²) in [6.07, 6.45) is -1.05. The maximum absolute atomic E-state index is 12.7. The summed E-state index contributed by atoms with van der Waals surface area (Å²) in [4.78, 5) is 33.2. The Morgan fingerprint density at radius 2 is 1.77 bits per heavy atom. The zero-order valence-corrected chi connectivity index (χ0v) is 20.4. The molecule has 3 aromatic carbocycles. The fraction of sp³-hybridized carbons (Fsp3) is 0.192. The summed E-state index contributed by atoms with van der Waals surface area (Å²) in [7, 11) is 3.09. The number of H-pyrrole nitrogens is 1. The van der Waals surface area contributed by atoms with Crippen LogP contribution < -0.4 is 14.8 Å². The van der Waals surface area contributed by atoms with Gasteiger partial charge in [-0.1, -0.05) is 11.6 Å². The van der Waals surface area contributed by atoms with Crippen LogP contribution >= 0.6 is 11.6 Å². The predicted octanol–water partition coefficient (Wildman–Crippen LogP) is 5.39. The SMILES string of the molecule is COc1ccc(-c2nc3ccc(C(=O)OC(C)C(=O)Nc4cc(C)c(Cl)cc4OC)cc3[nH]2)cc1. The van der Waals surface area contributed by atoms with E-state index < -0.39 is 18.0 Å². The van der Waals surface area contributed by atoms with E-state index in [2.05, 4.69) is 15.3 Å². The number of hydrogen-bond donors (Lipinski definition) is 2. The van der Waals surface area contributed by atoms with Crippen LogP contribution in [0.15, 0.2) is 54.6 Å². The van der Waals surface area contributed by atoms with E-state index in [1.807, 2.05) is 31.2 Å². The number of amides is 1. The van der Waals surface area contributed by atoms with Gasteiger partial charge in [-0.25, -0.2) is 9.78 Å². The zero-order chi connectivity index (χ0) is 25.1. The second-order valence-electron chi connectivity index (χ2n) is 7.88. The van der Waals surface area contributed by atoms with Crippen molar-refractivity contribution in [2.24, 2.45) is 0 Å². The Labute approximate surface area is 207 Å². The number of methoxy groups -OCH3 is 2. The third-order valence-electron chi connectivity index (χ3n) is 5.47. The third kappa shape index (κ3) is 5.22. The van der Waals surface area contributed by atoms with E-state index in [4.69, 9.17) is 25.8 Å². The molecule has 1 amide bonds. The van der Waals surface area contributed by atoms with E-state index in [0.29, 0.717) is 38.9 Å². The molecule has 4 rings (SSSR count). The molecule has 0 saturated heterocycles. The molecule has 35 heavy (non-hydrogen) atoms. The lowest BCUT2D eigenvalue weighted by molar-refractivity contribution is -0.123. The smallest absolute Gasteiger partial charge is 0.338 e. The van der Waals surface area contributed by atoms with Crippen molar-refractivity contribution in [1.82, 2.24) is 9.97 Å². The molecule has 9 heteroatoms. The maximum Gasteiger partial charge on any atom is 0.338 e. The molecule has 8 nitrogen and oxygen atoms in total. The van der Waals surface area contributed by atoms with Crippen LogP contribution in [0, 0.1) is 6.92 Å². The van der Waals surface area contributed by atoms with Gasteiger partial charge in [0.25, 0.3) is 5.91 Å². The summed E-state index contributed by atoms with van der Waals surface area (Å²) >= 11 is 6.12. The van der Waals surface area contributed by atoms with Gasteiger partial charge in [-0.05, 0) is 67.9 Å². The van der Waals surface area contributed by atoms with E-state index in [9.17, 15) is 9.59 Å². The van der Waals surface area contributed by atoms with Crippen molar-refractivity contribution >= 4 is 40.2 Å². The van der Waals surface area contributed by atoms with Gasteiger partial charge >= 0.3 is 5.97 Å². The molecular weight excluding hydrogens is 470 g/mol. The number of aromatic amines is 1. The van der Waals surface area contributed by atoms with Gasteiger partial charge in [0.1, 0.15) is 17.3 Å². The first-order valence-corrected chi connectivity index (χ1v) is 11.2. The van der Waals surface area contributed by atoms with Crippen LogP contribution in [0.4, 0.5) is 5.69 Å². The van der Waals surface area contributed by atoms with Crippen molar-refractivity contribution < 1.29 is 23.8 Å². The van der Waals surface area contributed by atoms with Crippen LogP contribution in [-0.4, -0.2) is 42.2 Å². The molecule has 1 heterocycles. The first kappa shape index (κ1) is 24.1. The fourth-order valence-corrected chi connectivity index (χ4v) is 3.62. The number of aromatic nitrogens is 2. The molecule has 0 fully saturated rings. The molecule has 0 aliphatic rings. The number of anilines is 1. The number of nitrogens with one attached hydrogen (secondary N) is 2. The number of esters is 1. The van der Waals surface area contributed by atoms with Crippen molar-refractivity contribution in [3.05, 3.63) is 70.7 Å². The predicted molar refractivity (Wildman–Crippen MR) is 134 cm³/mol. The monoisotopic (exact) mass is 493 g/mol. The van der Waals surface area contributed by atoms with Crippen LogP contribution in [0.3, 0.4) is 0 Å². The van der Waals surface area contributed by atoms with Crippen molar-refractivity contribution in [2.45, 2.75) is 20.0 Å². The molecule has 0 radical (unpaired) electrons. The number of fused-ring (bicyclic) bond motifs is 1. The van der Waals surface area contributed by atoms with Gasteiger partial charge in [-0.15, -0.1) is 0 Å². The number of carbonyl (C=O) groups is 2. The minimum atomic E-state index is -1.05. The van der Waals surface area contributed by atoms with Crippen molar-refractivity contribution in [1.29, 1.82) is 0 Å². The van der Waals surface area contributed by atoms with E-state index in [1.165, 1.54) is 14.0 Å². The van der Waals surface area contributed by atoms with Gasteiger partial charge in [-0.2, -0.15) is 0 Å². The molecule has 0 saturated carbocycles. The summed E-state index contributed by atoms with van der Waals surface area (Å²) in [5, 5.41) is 3.24. The Bertz CT molecular complexity index is 1400. The van der Waals surface area contributed by atoms with Crippen molar-refractivity contribution in [3.8, 4) is 22.9 Å². The van der Waals surface area contributed by atoms with Gasteiger partial charge in [0.2, 0.25) is 0 Å². The minimum Gasteiger partial charge on any atom is -0.497 e. The van der Waals surface area contributed by atoms with Gasteiger partial charge in [0.05, 0.1) is 36.5 Å². The lowest BCUT2D eigenvalue weighted by Crippen LogP contribution is -2.30. The van der Waals surface area contributed by atoms with Crippen LogP contribution in [0.2, 0.25) is 5.02 Å². The number of aryl methyl sites for hydroxylation is 1. The number of imidazole rings is 1. The first-order chi connectivity index (χ1) is 16.8. The average Bonchev–Trinajstić information content (AvgIpc) is 3.29. The molecule has 0 aliphatic heterocycles. The van der Waals surface area contributed by atoms with E-state index in [-0.39, 0.29) is 0 Å². The Morgan fingerprint density at radius 3 is 2.46 bits per heavy atom. The molecular formula is C26H24ClN3O5. The molecule has 1 unspecified atom stereocenters. The summed E-state index contributed by atoms with van der Waals surface area (Å²) in [6, 6.07) is 15.8. The first-order valence-electron chi connectivity index (χ1n) is 10.8. The Morgan fingerprint density at radius 1 is 1.03 bits per heavy atom. The summed E-state index contributed by atoms with van der Waals surface area (Å²) in [5.74, 6) is 0.688. The molecule has 180 valence electrons. The standard InChI is InChI=1S/C26H24ClN3O5/c1-14-11-22(23(34-4)13-19(14)27)30-25(31)15(2)35-26(32)17-7-10-20-21(12-17)29-24(28-20)16-5-8-18(33-3)9-6-16/h5-13,15H,1-4H3,(H,28,29)(H,30,31). The topological polar surface area (TPSA) is 103 Å². The molecule has 0 bridgehead atoms. The summed E-state index contributed by atoms with van der Waals surface area (Å²) in [6.45, 7) is 3.31. The largest absolute Gasteiger partial charge is 0.497 e. The van der Waals surface area contributed by atoms with Crippen LogP contribution in [-0.2, 0) is 9.53 Å². The zero-order valence-electron chi connectivity index (χ0n) is 19.6. The van der Waals surface area contributed by atoms with Gasteiger partial charge in [-0.3, -0.25) is 4.79 Å².